The summed E-state index contributed by atoms with van der Waals surface area (Å²) < 4.78 is 11.8. The first-order valence-electron chi connectivity index (χ1n) is 6.83. The van der Waals surface area contributed by atoms with E-state index in [0.29, 0.717) is 5.92 Å². The van der Waals surface area contributed by atoms with Gasteiger partial charge in [0.05, 0.1) is 19.8 Å². The molecule has 1 unspecified atom stereocenters. The Bertz CT molecular complexity index is 387. The first kappa shape index (κ1) is 12.2. The largest absolute Gasteiger partial charge is 0.346 e. The zero-order valence-electron chi connectivity index (χ0n) is 11.0. The van der Waals surface area contributed by atoms with E-state index in [1.165, 1.54) is 5.56 Å². The maximum Gasteiger partial charge on any atom is 0.183 e. The summed E-state index contributed by atoms with van der Waals surface area (Å²) in [6.07, 6.45) is 1.15. The summed E-state index contributed by atoms with van der Waals surface area (Å²) >= 11 is 0. The molecule has 3 nitrogen and oxygen atoms in total. The molecule has 1 aromatic rings. The van der Waals surface area contributed by atoms with Crippen LogP contribution in [0.5, 0.6) is 0 Å². The first-order chi connectivity index (χ1) is 8.78. The summed E-state index contributed by atoms with van der Waals surface area (Å²) in [5.74, 6) is 0.152. The number of hydrogen-bond donors (Lipinski definition) is 0. The lowest BCUT2D eigenvalue weighted by Crippen LogP contribution is -2.53. The number of likely N-dealkylation sites (tertiary alicyclic amines) is 1. The summed E-state index contributed by atoms with van der Waals surface area (Å²) in [5.41, 5.74) is 1.36. The van der Waals surface area contributed by atoms with E-state index in [4.69, 9.17) is 9.47 Å². The van der Waals surface area contributed by atoms with Crippen molar-refractivity contribution in [1.29, 1.82) is 0 Å². The molecule has 0 aromatic heterocycles. The Hall–Kier alpha value is -0.900. The second kappa shape index (κ2) is 5.00. The van der Waals surface area contributed by atoms with Crippen LogP contribution in [0.15, 0.2) is 30.3 Å². The van der Waals surface area contributed by atoms with E-state index in [9.17, 15) is 0 Å². The van der Waals surface area contributed by atoms with E-state index in [-0.39, 0.29) is 5.79 Å². The van der Waals surface area contributed by atoms with Crippen LogP contribution in [0.4, 0.5) is 0 Å². The Morgan fingerprint density at radius 3 is 2.67 bits per heavy atom. The molecular formula is C15H21NO2. The van der Waals surface area contributed by atoms with Gasteiger partial charge in [0.25, 0.3) is 0 Å². The average Bonchev–Trinajstić information content (AvgIpc) is 2.85. The highest BCUT2D eigenvalue weighted by molar-refractivity contribution is 5.14. The molecule has 18 heavy (non-hydrogen) atoms. The summed E-state index contributed by atoms with van der Waals surface area (Å²) in [4.78, 5) is 2.45. The van der Waals surface area contributed by atoms with E-state index < -0.39 is 0 Å². The minimum atomic E-state index is -0.340. The fourth-order valence-electron chi connectivity index (χ4n) is 2.97. The Kier molecular flexibility index (Phi) is 3.37. The minimum Gasteiger partial charge on any atom is -0.346 e. The van der Waals surface area contributed by atoms with Crippen LogP contribution in [0.2, 0.25) is 0 Å². The molecular weight excluding hydrogens is 226 g/mol. The van der Waals surface area contributed by atoms with Crippen LogP contribution in [-0.4, -0.2) is 37.0 Å². The van der Waals surface area contributed by atoms with E-state index in [2.05, 4.69) is 42.2 Å². The lowest BCUT2D eigenvalue weighted by atomic mass is 9.92. The molecule has 3 heteroatoms. The lowest BCUT2D eigenvalue weighted by molar-refractivity contribution is -0.220. The molecule has 2 aliphatic heterocycles. The third-order valence-corrected chi connectivity index (χ3v) is 4.10. The Morgan fingerprint density at radius 1 is 1.22 bits per heavy atom. The number of nitrogens with zero attached hydrogens (tertiary/aromatic N) is 1. The van der Waals surface area contributed by atoms with Crippen molar-refractivity contribution in [3.05, 3.63) is 35.9 Å². The molecule has 2 heterocycles. The van der Waals surface area contributed by atoms with Gasteiger partial charge in [0.1, 0.15) is 0 Å². The van der Waals surface area contributed by atoms with Crippen molar-refractivity contribution in [2.45, 2.75) is 25.7 Å². The van der Waals surface area contributed by atoms with Crippen molar-refractivity contribution < 1.29 is 9.47 Å². The molecule has 1 aromatic carbocycles. The predicted octanol–water partition coefficient (Wildman–Crippen LogP) is 2.27. The first-order valence-corrected chi connectivity index (χ1v) is 6.83. The van der Waals surface area contributed by atoms with Crippen molar-refractivity contribution in [1.82, 2.24) is 4.90 Å². The van der Waals surface area contributed by atoms with Gasteiger partial charge in [-0.3, -0.25) is 4.90 Å². The van der Waals surface area contributed by atoms with Crippen LogP contribution in [0.1, 0.15) is 18.9 Å². The molecule has 0 amide bonds. The quantitative estimate of drug-likeness (QED) is 0.800. The molecule has 1 atom stereocenters. The van der Waals surface area contributed by atoms with Crippen LogP contribution in [0.3, 0.4) is 0 Å². The van der Waals surface area contributed by atoms with Gasteiger partial charge in [0.2, 0.25) is 0 Å². The van der Waals surface area contributed by atoms with Crippen LogP contribution >= 0.6 is 0 Å². The molecule has 0 saturated carbocycles. The molecule has 2 fully saturated rings. The molecule has 0 N–H and O–H groups in total. The molecule has 2 saturated heterocycles. The van der Waals surface area contributed by atoms with Crippen LogP contribution < -0.4 is 0 Å². The van der Waals surface area contributed by atoms with Crippen molar-refractivity contribution in [3.8, 4) is 0 Å². The van der Waals surface area contributed by atoms with Gasteiger partial charge >= 0.3 is 0 Å². The van der Waals surface area contributed by atoms with Crippen LogP contribution in [-0.2, 0) is 16.0 Å². The molecule has 0 bridgehead atoms. The van der Waals surface area contributed by atoms with Gasteiger partial charge < -0.3 is 9.47 Å². The summed E-state index contributed by atoms with van der Waals surface area (Å²) in [6.45, 7) is 6.73. The molecule has 98 valence electrons. The average molecular weight is 247 g/mol. The third-order valence-electron chi connectivity index (χ3n) is 4.10. The van der Waals surface area contributed by atoms with Crippen molar-refractivity contribution in [2.75, 3.05) is 26.3 Å². The van der Waals surface area contributed by atoms with Gasteiger partial charge in [-0.2, -0.15) is 0 Å². The fraction of sp³-hybridized carbons (Fsp3) is 0.600. The third kappa shape index (κ3) is 2.30. The van der Waals surface area contributed by atoms with Gasteiger partial charge in [0.15, 0.2) is 5.79 Å². The number of rotatable bonds is 2. The van der Waals surface area contributed by atoms with Crippen molar-refractivity contribution in [2.24, 2.45) is 5.92 Å². The van der Waals surface area contributed by atoms with E-state index in [1.807, 2.05) is 0 Å². The Balaban J connectivity index is 1.68. The number of ether oxygens (including phenoxy) is 2. The van der Waals surface area contributed by atoms with E-state index >= 15 is 0 Å². The smallest absolute Gasteiger partial charge is 0.183 e. The predicted molar refractivity (Wildman–Crippen MR) is 70.1 cm³/mol. The van der Waals surface area contributed by atoms with Gasteiger partial charge in [-0.25, -0.2) is 0 Å². The summed E-state index contributed by atoms with van der Waals surface area (Å²) in [5, 5.41) is 0. The highest BCUT2D eigenvalue weighted by Gasteiger charge is 2.45. The number of benzene rings is 1. The lowest BCUT2D eigenvalue weighted by Gasteiger charge is -2.43. The molecule has 0 aliphatic carbocycles. The zero-order valence-corrected chi connectivity index (χ0v) is 11.0. The van der Waals surface area contributed by atoms with Crippen LogP contribution in [0.25, 0.3) is 0 Å². The normalized spacial score (nSPS) is 27.7. The molecule has 1 spiro atoms. The zero-order chi connectivity index (χ0) is 12.4. The van der Waals surface area contributed by atoms with E-state index in [0.717, 1.165) is 39.3 Å². The Morgan fingerprint density at radius 2 is 1.94 bits per heavy atom. The van der Waals surface area contributed by atoms with Crippen LogP contribution in [0, 0.1) is 5.92 Å². The maximum atomic E-state index is 5.90. The SMILES string of the molecule is CC1CCN(Cc2ccccc2)CC12OCCO2. The fourth-order valence-corrected chi connectivity index (χ4v) is 2.97. The van der Waals surface area contributed by atoms with Gasteiger partial charge in [-0.05, 0) is 18.5 Å². The van der Waals surface area contributed by atoms with Crippen molar-refractivity contribution >= 4 is 0 Å². The van der Waals surface area contributed by atoms with Gasteiger partial charge in [-0.1, -0.05) is 37.3 Å². The molecule has 3 rings (SSSR count). The molecule has 2 aliphatic rings. The van der Waals surface area contributed by atoms with E-state index in [1.54, 1.807) is 0 Å². The van der Waals surface area contributed by atoms with Crippen molar-refractivity contribution in [3.63, 3.8) is 0 Å². The standard InChI is InChI=1S/C15H21NO2/c1-13-7-8-16(11-14-5-3-2-4-6-14)12-15(13)17-9-10-18-15/h2-6,13H,7-12H2,1H3. The summed E-state index contributed by atoms with van der Waals surface area (Å²) in [7, 11) is 0. The highest BCUT2D eigenvalue weighted by atomic mass is 16.7. The topological polar surface area (TPSA) is 21.7 Å². The second-order valence-electron chi connectivity index (χ2n) is 5.39. The van der Waals surface area contributed by atoms with Gasteiger partial charge in [0, 0.05) is 12.5 Å². The Labute approximate surface area is 109 Å². The maximum absolute atomic E-state index is 5.90. The second-order valence-corrected chi connectivity index (χ2v) is 5.39. The summed E-state index contributed by atoms with van der Waals surface area (Å²) in [6, 6.07) is 10.6. The number of hydrogen-bond acceptors (Lipinski definition) is 3. The van der Waals surface area contributed by atoms with Gasteiger partial charge in [-0.15, -0.1) is 0 Å². The monoisotopic (exact) mass is 247 g/mol. The molecule has 0 radical (unpaired) electrons. The number of piperidine rings is 1. The minimum absolute atomic E-state index is 0.340. The highest BCUT2D eigenvalue weighted by Crippen LogP contribution is 2.35.